The zero-order chi connectivity index (χ0) is 14.5. The van der Waals surface area contributed by atoms with E-state index in [0.717, 1.165) is 5.39 Å². The van der Waals surface area contributed by atoms with Crippen LogP contribution in [0.1, 0.15) is 29.0 Å². The van der Waals surface area contributed by atoms with Crippen molar-refractivity contribution in [1.82, 2.24) is 5.32 Å². The van der Waals surface area contributed by atoms with E-state index in [4.69, 9.17) is 9.52 Å². The van der Waals surface area contributed by atoms with E-state index < -0.39 is 11.5 Å². The Morgan fingerprint density at radius 1 is 1.25 bits per heavy atom. The lowest BCUT2D eigenvalue weighted by Crippen LogP contribution is -2.26. The van der Waals surface area contributed by atoms with Crippen LogP contribution in [-0.2, 0) is 0 Å². The molecule has 0 aliphatic carbocycles. The van der Waals surface area contributed by atoms with E-state index >= 15 is 0 Å². The highest BCUT2D eigenvalue weighted by atomic mass is 16.4. The maximum absolute atomic E-state index is 12.0. The fourth-order valence-corrected chi connectivity index (χ4v) is 2.07. The minimum absolute atomic E-state index is 0.0534. The van der Waals surface area contributed by atoms with Crippen molar-refractivity contribution >= 4 is 16.7 Å². The van der Waals surface area contributed by atoms with E-state index in [2.05, 4.69) is 5.32 Å². The zero-order valence-corrected chi connectivity index (χ0v) is 11.3. The van der Waals surface area contributed by atoms with Crippen LogP contribution < -0.4 is 10.9 Å². The molecular weight excluding hydrogens is 258 g/mol. The average Bonchev–Trinajstić information content (AvgIpc) is 2.47. The Balaban J connectivity index is 2.28. The van der Waals surface area contributed by atoms with Crippen molar-refractivity contribution in [3.8, 4) is 0 Å². The fourth-order valence-electron chi connectivity index (χ4n) is 2.07. The summed E-state index contributed by atoms with van der Waals surface area (Å²) in [6, 6.07) is 7.05. The molecule has 0 aliphatic rings. The van der Waals surface area contributed by atoms with Gasteiger partial charge in [0.15, 0.2) is 5.76 Å². The average molecular weight is 275 g/mol. The number of fused-ring (bicyclic) bond motifs is 1. The lowest BCUT2D eigenvalue weighted by atomic mass is 10.1. The van der Waals surface area contributed by atoms with Gasteiger partial charge in [-0.25, -0.2) is 4.79 Å². The van der Waals surface area contributed by atoms with Gasteiger partial charge in [-0.2, -0.15) is 0 Å². The van der Waals surface area contributed by atoms with E-state index in [9.17, 15) is 9.59 Å². The standard InChI is InChI=1S/C15H17NO4/c1-10-11-6-2-3-7-12(11)15(19)20-13(10)14(18)16-8-4-5-9-17/h2-3,6-7,17H,4-5,8-9H2,1H3,(H,16,18). The zero-order valence-electron chi connectivity index (χ0n) is 11.3. The number of carbonyl (C=O) groups is 1. The van der Waals surface area contributed by atoms with Crippen LogP contribution in [0.25, 0.3) is 10.8 Å². The van der Waals surface area contributed by atoms with Gasteiger partial charge in [0.2, 0.25) is 0 Å². The van der Waals surface area contributed by atoms with Crippen molar-refractivity contribution < 1.29 is 14.3 Å². The first-order valence-electron chi connectivity index (χ1n) is 6.56. The maximum Gasteiger partial charge on any atom is 0.344 e. The number of carbonyl (C=O) groups excluding carboxylic acids is 1. The number of aliphatic hydroxyl groups is 1. The highest BCUT2D eigenvalue weighted by molar-refractivity contribution is 5.97. The Bertz CT molecular complexity index is 675. The first kappa shape index (κ1) is 14.3. The third-order valence-corrected chi connectivity index (χ3v) is 3.16. The molecule has 0 saturated carbocycles. The molecule has 0 spiro atoms. The molecule has 5 nitrogen and oxygen atoms in total. The van der Waals surface area contributed by atoms with Crippen molar-refractivity contribution in [3.05, 3.63) is 46.0 Å². The Hall–Kier alpha value is -2.14. The van der Waals surface area contributed by atoms with Crippen LogP contribution in [0.3, 0.4) is 0 Å². The molecule has 0 atom stereocenters. The van der Waals surface area contributed by atoms with Gasteiger partial charge in [-0.1, -0.05) is 18.2 Å². The summed E-state index contributed by atoms with van der Waals surface area (Å²) in [6.07, 6.45) is 1.31. The molecule has 5 heteroatoms. The highest BCUT2D eigenvalue weighted by Gasteiger charge is 2.16. The minimum atomic E-state index is -0.508. The predicted molar refractivity (Wildman–Crippen MR) is 75.9 cm³/mol. The fraction of sp³-hybridized carbons (Fsp3) is 0.333. The number of hydrogen-bond donors (Lipinski definition) is 2. The summed E-state index contributed by atoms with van der Waals surface area (Å²) in [4.78, 5) is 23.9. The quantitative estimate of drug-likeness (QED) is 0.812. The van der Waals surface area contributed by atoms with Crippen LogP contribution >= 0.6 is 0 Å². The van der Waals surface area contributed by atoms with Gasteiger partial charge in [-0.15, -0.1) is 0 Å². The van der Waals surface area contributed by atoms with Crippen molar-refractivity contribution in [3.63, 3.8) is 0 Å². The molecule has 2 aromatic rings. The SMILES string of the molecule is Cc1c(C(=O)NCCCCO)oc(=O)c2ccccc12. The molecule has 0 unspecified atom stereocenters. The van der Waals surface area contributed by atoms with Crippen molar-refractivity contribution in [2.24, 2.45) is 0 Å². The normalized spacial score (nSPS) is 10.7. The van der Waals surface area contributed by atoms with Crippen LogP contribution in [0.2, 0.25) is 0 Å². The van der Waals surface area contributed by atoms with Gasteiger partial charge in [-0.3, -0.25) is 4.79 Å². The Morgan fingerprint density at radius 3 is 2.65 bits per heavy atom. The summed E-state index contributed by atoms with van der Waals surface area (Å²) in [7, 11) is 0. The molecule has 20 heavy (non-hydrogen) atoms. The van der Waals surface area contributed by atoms with Gasteiger partial charge in [-0.05, 0) is 31.2 Å². The van der Waals surface area contributed by atoms with Crippen LogP contribution in [0, 0.1) is 6.92 Å². The van der Waals surface area contributed by atoms with E-state index in [1.165, 1.54) is 0 Å². The second-order valence-electron chi connectivity index (χ2n) is 4.58. The lowest BCUT2D eigenvalue weighted by molar-refractivity contribution is 0.0919. The summed E-state index contributed by atoms with van der Waals surface area (Å²) in [6.45, 7) is 2.29. The largest absolute Gasteiger partial charge is 0.417 e. The number of amides is 1. The van der Waals surface area contributed by atoms with Gasteiger partial charge < -0.3 is 14.8 Å². The summed E-state index contributed by atoms with van der Waals surface area (Å²) < 4.78 is 5.12. The molecule has 0 bridgehead atoms. The Kier molecular flexibility index (Phi) is 4.53. The van der Waals surface area contributed by atoms with Crippen LogP contribution in [-0.4, -0.2) is 24.2 Å². The number of rotatable bonds is 5. The number of aryl methyl sites for hydroxylation is 1. The minimum Gasteiger partial charge on any atom is -0.417 e. The van der Waals surface area contributed by atoms with Crippen molar-refractivity contribution in [2.45, 2.75) is 19.8 Å². The summed E-state index contributed by atoms with van der Waals surface area (Å²) in [5.74, 6) is -0.346. The van der Waals surface area contributed by atoms with Crippen molar-refractivity contribution in [2.75, 3.05) is 13.2 Å². The Labute approximate surface area is 116 Å². The molecule has 1 amide bonds. The molecular formula is C15H17NO4. The summed E-state index contributed by atoms with van der Waals surface area (Å²) in [5.41, 5.74) is 0.145. The molecule has 0 radical (unpaired) electrons. The maximum atomic E-state index is 12.0. The van der Waals surface area contributed by atoms with Gasteiger partial charge in [0, 0.05) is 18.7 Å². The van der Waals surface area contributed by atoms with Crippen LogP contribution in [0.4, 0.5) is 0 Å². The molecule has 1 heterocycles. The molecule has 1 aromatic heterocycles. The second-order valence-corrected chi connectivity index (χ2v) is 4.58. The van der Waals surface area contributed by atoms with Gasteiger partial charge >= 0.3 is 5.63 Å². The van der Waals surface area contributed by atoms with E-state index in [1.54, 1.807) is 25.1 Å². The third-order valence-electron chi connectivity index (χ3n) is 3.16. The predicted octanol–water partition coefficient (Wildman–Crippen LogP) is 1.60. The van der Waals surface area contributed by atoms with E-state index in [-0.39, 0.29) is 12.4 Å². The van der Waals surface area contributed by atoms with Gasteiger partial charge in [0.25, 0.3) is 5.91 Å². The molecule has 106 valence electrons. The van der Waals surface area contributed by atoms with E-state index in [0.29, 0.717) is 30.3 Å². The topological polar surface area (TPSA) is 79.5 Å². The summed E-state index contributed by atoms with van der Waals surface area (Å²) >= 11 is 0. The molecule has 0 aliphatic heterocycles. The lowest BCUT2D eigenvalue weighted by Gasteiger charge is -2.08. The second kappa shape index (κ2) is 6.34. The number of benzene rings is 1. The molecule has 1 aromatic carbocycles. The van der Waals surface area contributed by atoms with Crippen molar-refractivity contribution in [1.29, 1.82) is 0 Å². The molecule has 0 fully saturated rings. The summed E-state index contributed by atoms with van der Waals surface area (Å²) in [5, 5.41) is 12.6. The number of hydrogen-bond acceptors (Lipinski definition) is 4. The van der Waals surface area contributed by atoms with Crippen LogP contribution in [0.15, 0.2) is 33.5 Å². The first-order chi connectivity index (χ1) is 9.65. The number of nitrogens with one attached hydrogen (secondary N) is 1. The molecule has 2 rings (SSSR count). The highest BCUT2D eigenvalue weighted by Crippen LogP contribution is 2.18. The van der Waals surface area contributed by atoms with Gasteiger partial charge in [0.05, 0.1) is 5.39 Å². The van der Waals surface area contributed by atoms with Crippen LogP contribution in [0.5, 0.6) is 0 Å². The van der Waals surface area contributed by atoms with E-state index in [1.807, 2.05) is 6.07 Å². The number of unbranched alkanes of at least 4 members (excludes halogenated alkanes) is 1. The molecule has 0 saturated heterocycles. The van der Waals surface area contributed by atoms with Gasteiger partial charge in [0.1, 0.15) is 0 Å². The smallest absolute Gasteiger partial charge is 0.344 e. The Morgan fingerprint density at radius 2 is 1.95 bits per heavy atom. The first-order valence-corrected chi connectivity index (χ1v) is 6.56. The third kappa shape index (κ3) is 2.88. The number of aliphatic hydroxyl groups excluding tert-OH is 1. The monoisotopic (exact) mass is 275 g/mol. The molecule has 2 N–H and O–H groups in total.